The van der Waals surface area contributed by atoms with Gasteiger partial charge in [-0.2, -0.15) is 13.2 Å². The minimum atomic E-state index is -4.71. The number of rotatable bonds is 7. The van der Waals surface area contributed by atoms with Crippen molar-refractivity contribution < 1.29 is 31.8 Å². The van der Waals surface area contributed by atoms with Gasteiger partial charge in [-0.15, -0.1) is 0 Å². The maximum absolute atomic E-state index is 13.4. The number of methoxy groups -OCH3 is 2. The molecule has 33 heavy (non-hydrogen) atoms. The first-order valence-electron chi connectivity index (χ1n) is 9.48. The highest BCUT2D eigenvalue weighted by molar-refractivity contribution is 7.99. The fourth-order valence-corrected chi connectivity index (χ4v) is 3.52. The van der Waals surface area contributed by atoms with Gasteiger partial charge in [0.15, 0.2) is 16.7 Å². The lowest BCUT2D eigenvalue weighted by Crippen LogP contribution is -2.16. The average Bonchev–Trinajstić information content (AvgIpc) is 2.78. The molecule has 0 bridgehead atoms. The molecule has 0 spiro atoms. The number of hydrogen-bond donors (Lipinski definition) is 1. The molecule has 0 fully saturated rings. The second kappa shape index (κ2) is 10.1. The number of aryl methyl sites for hydroxylation is 1. The Labute approximate surface area is 191 Å². The SMILES string of the molecule is COc1ccc(-c2cc(C(F)(F)F)nc(SCC(=O)Nc3ccc(F)cc3C)n2)cc1OC. The molecule has 2 aromatic carbocycles. The van der Waals surface area contributed by atoms with Gasteiger partial charge in [-0.1, -0.05) is 11.8 Å². The van der Waals surface area contributed by atoms with Crippen molar-refractivity contribution in [3.63, 3.8) is 0 Å². The van der Waals surface area contributed by atoms with Crippen LogP contribution in [-0.4, -0.2) is 35.8 Å². The molecule has 0 unspecified atom stereocenters. The molecule has 0 radical (unpaired) electrons. The first kappa shape index (κ1) is 24.3. The fraction of sp³-hybridized carbons (Fsp3) is 0.227. The van der Waals surface area contributed by atoms with Crippen LogP contribution >= 0.6 is 11.8 Å². The predicted molar refractivity (Wildman–Crippen MR) is 116 cm³/mol. The highest BCUT2D eigenvalue weighted by atomic mass is 32.2. The van der Waals surface area contributed by atoms with Crippen molar-refractivity contribution in [2.24, 2.45) is 0 Å². The number of amides is 1. The van der Waals surface area contributed by atoms with Crippen molar-refractivity contribution in [3.05, 3.63) is 59.5 Å². The van der Waals surface area contributed by atoms with E-state index in [9.17, 15) is 22.4 Å². The molecule has 1 amide bonds. The van der Waals surface area contributed by atoms with Crippen LogP contribution < -0.4 is 14.8 Å². The van der Waals surface area contributed by atoms with Crippen LogP contribution in [0.4, 0.5) is 23.2 Å². The van der Waals surface area contributed by atoms with E-state index in [1.807, 2.05) is 0 Å². The summed E-state index contributed by atoms with van der Waals surface area (Å²) >= 11 is 0.749. The topological polar surface area (TPSA) is 73.3 Å². The molecule has 1 heterocycles. The van der Waals surface area contributed by atoms with Crippen molar-refractivity contribution in [1.82, 2.24) is 9.97 Å². The highest BCUT2D eigenvalue weighted by Gasteiger charge is 2.34. The number of benzene rings is 2. The predicted octanol–water partition coefficient (Wildman–Crippen LogP) is 5.36. The van der Waals surface area contributed by atoms with Crippen LogP contribution in [0.25, 0.3) is 11.3 Å². The van der Waals surface area contributed by atoms with Crippen molar-refractivity contribution in [2.45, 2.75) is 18.3 Å². The number of aromatic nitrogens is 2. The van der Waals surface area contributed by atoms with Crippen LogP contribution in [0.2, 0.25) is 0 Å². The Morgan fingerprint density at radius 2 is 1.76 bits per heavy atom. The quantitative estimate of drug-likeness (QED) is 0.278. The summed E-state index contributed by atoms with van der Waals surface area (Å²) in [5, 5.41) is 2.37. The minimum absolute atomic E-state index is 0.00978. The standard InChI is InChI=1S/C22H19F4N3O3S/c1-12-8-14(23)5-6-15(12)27-20(30)11-33-21-28-16(10-19(29-21)22(24,25)26)13-4-7-17(31-2)18(9-13)32-3/h4-10H,11H2,1-3H3,(H,27,30). The molecular weight excluding hydrogens is 462 g/mol. The molecule has 0 aliphatic rings. The number of carbonyl (C=O) groups excluding carboxylic acids is 1. The molecular formula is C22H19F4N3O3S. The number of carbonyl (C=O) groups is 1. The van der Waals surface area contributed by atoms with E-state index in [1.54, 1.807) is 19.1 Å². The molecule has 0 saturated heterocycles. The van der Waals surface area contributed by atoms with Gasteiger partial charge < -0.3 is 14.8 Å². The third kappa shape index (κ3) is 6.13. The average molecular weight is 481 g/mol. The summed E-state index contributed by atoms with van der Waals surface area (Å²) in [5.41, 5.74) is 0.140. The lowest BCUT2D eigenvalue weighted by atomic mass is 10.1. The first-order valence-corrected chi connectivity index (χ1v) is 10.5. The molecule has 0 saturated carbocycles. The Kier molecular flexibility index (Phi) is 7.42. The van der Waals surface area contributed by atoms with Crippen LogP contribution in [0, 0.1) is 12.7 Å². The van der Waals surface area contributed by atoms with E-state index in [4.69, 9.17) is 9.47 Å². The summed E-state index contributed by atoms with van der Waals surface area (Å²) in [6.07, 6.45) is -4.71. The van der Waals surface area contributed by atoms with Crippen LogP contribution in [0.15, 0.2) is 47.6 Å². The van der Waals surface area contributed by atoms with Crippen molar-refractivity contribution in [2.75, 3.05) is 25.3 Å². The molecule has 0 aliphatic heterocycles. The van der Waals surface area contributed by atoms with Gasteiger partial charge in [0.25, 0.3) is 0 Å². The van der Waals surface area contributed by atoms with E-state index in [1.165, 1.54) is 38.5 Å². The number of anilines is 1. The maximum Gasteiger partial charge on any atom is 0.433 e. The molecule has 3 aromatic rings. The zero-order chi connectivity index (χ0) is 24.2. The van der Waals surface area contributed by atoms with E-state index >= 15 is 0 Å². The molecule has 6 nitrogen and oxygen atoms in total. The fourth-order valence-electron chi connectivity index (χ4n) is 2.86. The zero-order valence-corrected chi connectivity index (χ0v) is 18.6. The Balaban J connectivity index is 1.85. The monoisotopic (exact) mass is 481 g/mol. The number of ether oxygens (including phenoxy) is 2. The van der Waals surface area contributed by atoms with E-state index < -0.39 is 23.6 Å². The van der Waals surface area contributed by atoms with Gasteiger partial charge in [-0.25, -0.2) is 14.4 Å². The smallest absolute Gasteiger partial charge is 0.433 e. The van der Waals surface area contributed by atoms with E-state index in [-0.39, 0.29) is 16.6 Å². The van der Waals surface area contributed by atoms with Gasteiger partial charge in [0.2, 0.25) is 5.91 Å². The summed E-state index contributed by atoms with van der Waals surface area (Å²) in [6, 6.07) is 9.28. The van der Waals surface area contributed by atoms with E-state index in [0.29, 0.717) is 28.3 Å². The van der Waals surface area contributed by atoms with Gasteiger partial charge in [-0.3, -0.25) is 4.79 Å². The number of halogens is 4. The first-order chi connectivity index (χ1) is 15.6. The van der Waals surface area contributed by atoms with Crippen LogP contribution in [-0.2, 0) is 11.0 Å². The van der Waals surface area contributed by atoms with Crippen molar-refractivity contribution in [3.8, 4) is 22.8 Å². The van der Waals surface area contributed by atoms with Gasteiger partial charge in [0, 0.05) is 11.3 Å². The second-order valence-corrected chi connectivity index (χ2v) is 7.73. The third-order valence-electron chi connectivity index (χ3n) is 4.47. The van der Waals surface area contributed by atoms with Gasteiger partial charge in [-0.05, 0) is 55.0 Å². The molecule has 0 atom stereocenters. The Hall–Kier alpha value is -3.34. The number of hydrogen-bond acceptors (Lipinski definition) is 6. The number of alkyl halides is 3. The summed E-state index contributed by atoms with van der Waals surface area (Å²) in [6.45, 7) is 1.62. The Morgan fingerprint density at radius 3 is 2.39 bits per heavy atom. The lowest BCUT2D eigenvalue weighted by molar-refractivity contribution is -0.141. The zero-order valence-electron chi connectivity index (χ0n) is 17.8. The minimum Gasteiger partial charge on any atom is -0.493 e. The lowest BCUT2D eigenvalue weighted by Gasteiger charge is -2.13. The Bertz CT molecular complexity index is 1170. The number of nitrogens with one attached hydrogen (secondary N) is 1. The van der Waals surface area contributed by atoms with Gasteiger partial charge in [0.05, 0.1) is 25.7 Å². The molecule has 0 aliphatic carbocycles. The largest absolute Gasteiger partial charge is 0.493 e. The molecule has 11 heteroatoms. The summed E-state index contributed by atoms with van der Waals surface area (Å²) < 4.78 is 63.9. The van der Waals surface area contributed by atoms with Crippen LogP contribution in [0.3, 0.4) is 0 Å². The van der Waals surface area contributed by atoms with Crippen molar-refractivity contribution >= 4 is 23.4 Å². The number of nitrogens with zero attached hydrogens (tertiary/aromatic N) is 2. The number of thioether (sulfide) groups is 1. The molecule has 3 rings (SSSR count). The summed E-state index contributed by atoms with van der Waals surface area (Å²) in [4.78, 5) is 20.0. The molecule has 174 valence electrons. The van der Waals surface area contributed by atoms with Gasteiger partial charge in [0.1, 0.15) is 11.5 Å². The maximum atomic E-state index is 13.4. The summed E-state index contributed by atoms with van der Waals surface area (Å²) in [7, 11) is 2.85. The molecule has 1 N–H and O–H groups in total. The normalized spacial score (nSPS) is 11.2. The Morgan fingerprint density at radius 1 is 1.03 bits per heavy atom. The second-order valence-electron chi connectivity index (χ2n) is 6.78. The summed E-state index contributed by atoms with van der Waals surface area (Å²) in [5.74, 6) is -0.453. The van der Waals surface area contributed by atoms with Crippen LogP contribution in [0.1, 0.15) is 11.3 Å². The molecule has 1 aromatic heterocycles. The highest BCUT2D eigenvalue weighted by Crippen LogP contribution is 2.35. The van der Waals surface area contributed by atoms with Crippen LogP contribution in [0.5, 0.6) is 11.5 Å². The van der Waals surface area contributed by atoms with E-state index in [0.717, 1.165) is 17.8 Å². The van der Waals surface area contributed by atoms with Crippen molar-refractivity contribution in [1.29, 1.82) is 0 Å². The third-order valence-corrected chi connectivity index (χ3v) is 5.32. The van der Waals surface area contributed by atoms with Gasteiger partial charge >= 0.3 is 6.18 Å². The van der Waals surface area contributed by atoms with E-state index in [2.05, 4.69) is 15.3 Å².